The van der Waals surface area contributed by atoms with Gasteiger partial charge < -0.3 is 10.6 Å². The molecule has 0 bridgehead atoms. The highest BCUT2D eigenvalue weighted by Crippen LogP contribution is 2.35. The van der Waals surface area contributed by atoms with Crippen LogP contribution in [0.4, 0.5) is 9.93 Å². The number of amides is 3. The second-order valence-corrected chi connectivity index (χ2v) is 5.92. The normalized spacial score (nSPS) is 21.2. The minimum atomic E-state index is -0.645. The van der Waals surface area contributed by atoms with E-state index < -0.39 is 5.54 Å². The molecule has 1 aliphatic carbocycles. The Balaban J connectivity index is 1.77. The van der Waals surface area contributed by atoms with E-state index in [-0.39, 0.29) is 18.5 Å². The molecular formula is C11H15N5O2S. The number of rotatable bonds is 3. The lowest BCUT2D eigenvalue weighted by Gasteiger charge is -2.19. The van der Waals surface area contributed by atoms with Crippen LogP contribution in [-0.4, -0.2) is 39.6 Å². The first-order chi connectivity index (χ1) is 9.14. The van der Waals surface area contributed by atoms with Crippen molar-refractivity contribution in [1.82, 2.24) is 20.4 Å². The second-order valence-electron chi connectivity index (χ2n) is 4.86. The smallest absolute Gasteiger partial charge is 0.325 e. The van der Waals surface area contributed by atoms with E-state index in [2.05, 4.69) is 20.8 Å². The molecule has 1 aromatic heterocycles. The van der Waals surface area contributed by atoms with Gasteiger partial charge in [-0.3, -0.25) is 9.69 Å². The standard InChI is InChI=1S/C11H15N5O2S/c1-12-9-15-14-7(19-9)6-16-8(17)11(13-10(16)18)4-2-3-5-11/h2-6H2,1H3,(H,12,15)(H,13,18). The number of nitrogens with zero attached hydrogens (tertiary/aromatic N) is 3. The molecule has 1 spiro atoms. The maximum atomic E-state index is 12.4. The summed E-state index contributed by atoms with van der Waals surface area (Å²) in [5.41, 5.74) is -0.645. The molecular weight excluding hydrogens is 266 g/mol. The van der Waals surface area contributed by atoms with Gasteiger partial charge in [0.25, 0.3) is 5.91 Å². The van der Waals surface area contributed by atoms with Gasteiger partial charge in [-0.15, -0.1) is 10.2 Å². The van der Waals surface area contributed by atoms with Gasteiger partial charge >= 0.3 is 6.03 Å². The molecule has 0 atom stereocenters. The monoisotopic (exact) mass is 281 g/mol. The number of hydrogen-bond donors (Lipinski definition) is 2. The Bertz CT molecular complexity index is 523. The maximum absolute atomic E-state index is 12.4. The topological polar surface area (TPSA) is 87.2 Å². The average Bonchev–Trinajstić information content (AvgIpc) is 3.08. The number of carbonyl (C=O) groups is 2. The number of imide groups is 1. The minimum Gasteiger partial charge on any atom is -0.363 e. The predicted octanol–water partition coefficient (Wildman–Crippen LogP) is 0.944. The molecule has 1 saturated carbocycles. The van der Waals surface area contributed by atoms with Crippen LogP contribution in [0.1, 0.15) is 30.7 Å². The Morgan fingerprint density at radius 2 is 2.11 bits per heavy atom. The fraction of sp³-hybridized carbons (Fsp3) is 0.636. The van der Waals surface area contributed by atoms with E-state index in [4.69, 9.17) is 0 Å². The predicted molar refractivity (Wildman–Crippen MR) is 69.7 cm³/mol. The molecule has 2 fully saturated rings. The average molecular weight is 281 g/mol. The van der Waals surface area contributed by atoms with Gasteiger partial charge in [0, 0.05) is 7.05 Å². The van der Waals surface area contributed by atoms with Crippen LogP contribution in [0, 0.1) is 0 Å². The molecule has 102 valence electrons. The summed E-state index contributed by atoms with van der Waals surface area (Å²) in [5, 5.41) is 14.9. The van der Waals surface area contributed by atoms with Gasteiger partial charge in [0.05, 0.1) is 6.54 Å². The highest BCUT2D eigenvalue weighted by atomic mass is 32.1. The summed E-state index contributed by atoms with van der Waals surface area (Å²) in [6.45, 7) is 0.200. The van der Waals surface area contributed by atoms with Crippen molar-refractivity contribution in [1.29, 1.82) is 0 Å². The van der Waals surface area contributed by atoms with Crippen molar-refractivity contribution >= 4 is 28.4 Å². The molecule has 2 N–H and O–H groups in total. The number of anilines is 1. The molecule has 8 heteroatoms. The first-order valence-electron chi connectivity index (χ1n) is 6.29. The number of aromatic nitrogens is 2. The van der Waals surface area contributed by atoms with Crippen molar-refractivity contribution < 1.29 is 9.59 Å². The van der Waals surface area contributed by atoms with Gasteiger partial charge in [0.2, 0.25) is 5.13 Å². The summed E-state index contributed by atoms with van der Waals surface area (Å²) in [6.07, 6.45) is 3.46. The Kier molecular flexibility index (Phi) is 2.89. The van der Waals surface area contributed by atoms with Crippen LogP contribution < -0.4 is 10.6 Å². The highest BCUT2D eigenvalue weighted by Gasteiger charge is 2.52. The molecule has 0 aromatic carbocycles. The lowest BCUT2D eigenvalue weighted by molar-refractivity contribution is -0.131. The summed E-state index contributed by atoms with van der Waals surface area (Å²) in [5.74, 6) is -0.115. The summed E-state index contributed by atoms with van der Waals surface area (Å²) in [7, 11) is 1.76. The lowest BCUT2D eigenvalue weighted by atomic mass is 9.98. The minimum absolute atomic E-state index is 0.115. The highest BCUT2D eigenvalue weighted by molar-refractivity contribution is 7.15. The fourth-order valence-corrected chi connectivity index (χ4v) is 3.37. The molecule has 0 unspecified atom stereocenters. The Hall–Kier alpha value is -1.70. The van der Waals surface area contributed by atoms with Gasteiger partial charge in [0.15, 0.2) is 0 Å². The van der Waals surface area contributed by atoms with E-state index >= 15 is 0 Å². The molecule has 1 saturated heterocycles. The summed E-state index contributed by atoms with van der Waals surface area (Å²) < 4.78 is 0. The number of carbonyl (C=O) groups excluding carboxylic acids is 2. The zero-order valence-electron chi connectivity index (χ0n) is 10.6. The number of urea groups is 1. The van der Waals surface area contributed by atoms with Crippen LogP contribution in [0.15, 0.2) is 0 Å². The molecule has 3 rings (SSSR count). The van der Waals surface area contributed by atoms with Crippen molar-refractivity contribution in [2.24, 2.45) is 0 Å². The Morgan fingerprint density at radius 1 is 1.37 bits per heavy atom. The molecule has 19 heavy (non-hydrogen) atoms. The quantitative estimate of drug-likeness (QED) is 0.805. The van der Waals surface area contributed by atoms with E-state index in [1.165, 1.54) is 16.2 Å². The van der Waals surface area contributed by atoms with Gasteiger partial charge in [-0.25, -0.2) is 4.79 Å². The molecule has 1 aliphatic heterocycles. The van der Waals surface area contributed by atoms with E-state index in [1.807, 2.05) is 0 Å². The fourth-order valence-electron chi connectivity index (χ4n) is 2.69. The summed E-state index contributed by atoms with van der Waals surface area (Å²) in [6, 6.07) is -0.312. The van der Waals surface area contributed by atoms with Crippen molar-refractivity contribution in [3.05, 3.63) is 5.01 Å². The molecule has 0 radical (unpaired) electrons. The van der Waals surface area contributed by atoms with Gasteiger partial charge in [-0.2, -0.15) is 0 Å². The van der Waals surface area contributed by atoms with E-state index in [9.17, 15) is 9.59 Å². The third kappa shape index (κ3) is 1.95. The van der Waals surface area contributed by atoms with Crippen molar-refractivity contribution in [2.45, 2.75) is 37.8 Å². The molecule has 2 heterocycles. The van der Waals surface area contributed by atoms with Crippen LogP contribution in [0.2, 0.25) is 0 Å². The van der Waals surface area contributed by atoms with E-state index in [0.29, 0.717) is 10.1 Å². The van der Waals surface area contributed by atoms with Gasteiger partial charge in [0.1, 0.15) is 10.5 Å². The summed E-state index contributed by atoms with van der Waals surface area (Å²) in [4.78, 5) is 25.6. The number of nitrogens with one attached hydrogen (secondary N) is 2. The molecule has 3 amide bonds. The lowest BCUT2D eigenvalue weighted by Crippen LogP contribution is -2.44. The molecule has 7 nitrogen and oxygen atoms in total. The van der Waals surface area contributed by atoms with Crippen LogP contribution in [-0.2, 0) is 11.3 Å². The van der Waals surface area contributed by atoms with Crippen LogP contribution in [0.5, 0.6) is 0 Å². The van der Waals surface area contributed by atoms with Crippen molar-refractivity contribution in [3.8, 4) is 0 Å². The second kappa shape index (κ2) is 4.44. The number of hydrogen-bond acceptors (Lipinski definition) is 6. The Labute approximate surface area is 114 Å². The Morgan fingerprint density at radius 3 is 2.74 bits per heavy atom. The van der Waals surface area contributed by atoms with Crippen LogP contribution >= 0.6 is 11.3 Å². The zero-order valence-corrected chi connectivity index (χ0v) is 11.4. The van der Waals surface area contributed by atoms with Crippen molar-refractivity contribution in [3.63, 3.8) is 0 Å². The molecule has 2 aliphatic rings. The first kappa shape index (κ1) is 12.3. The third-order valence-corrected chi connectivity index (χ3v) is 4.60. The maximum Gasteiger partial charge on any atom is 0.325 e. The van der Waals surface area contributed by atoms with Crippen LogP contribution in [0.25, 0.3) is 0 Å². The zero-order chi connectivity index (χ0) is 13.5. The summed E-state index contributed by atoms with van der Waals surface area (Å²) >= 11 is 1.35. The van der Waals surface area contributed by atoms with E-state index in [0.717, 1.165) is 25.7 Å². The first-order valence-corrected chi connectivity index (χ1v) is 7.10. The van der Waals surface area contributed by atoms with E-state index in [1.54, 1.807) is 7.05 Å². The third-order valence-electron chi connectivity index (χ3n) is 3.68. The molecule has 1 aromatic rings. The van der Waals surface area contributed by atoms with Gasteiger partial charge in [-0.05, 0) is 12.8 Å². The van der Waals surface area contributed by atoms with Gasteiger partial charge in [-0.1, -0.05) is 24.2 Å². The SMILES string of the molecule is CNc1nnc(CN2C(=O)NC3(CCCC3)C2=O)s1. The largest absolute Gasteiger partial charge is 0.363 e. The van der Waals surface area contributed by atoms with Crippen molar-refractivity contribution in [2.75, 3.05) is 12.4 Å². The van der Waals surface area contributed by atoms with Crippen LogP contribution in [0.3, 0.4) is 0 Å².